The SMILES string of the molecule is CC(NC(c1ccc(F)cc1)C(F)(F)F)C(N)=O. The number of alkyl halides is 3. The van der Waals surface area contributed by atoms with Crippen molar-refractivity contribution in [3.05, 3.63) is 35.6 Å². The third-order valence-corrected chi connectivity index (χ3v) is 2.37. The van der Waals surface area contributed by atoms with Crippen molar-refractivity contribution in [1.29, 1.82) is 0 Å². The predicted molar refractivity (Wildman–Crippen MR) is 57.0 cm³/mol. The summed E-state index contributed by atoms with van der Waals surface area (Å²) in [6.07, 6.45) is -4.61. The number of hydrogen-bond donors (Lipinski definition) is 2. The van der Waals surface area contributed by atoms with Crippen LogP contribution in [0, 0.1) is 5.82 Å². The molecule has 1 aromatic rings. The van der Waals surface area contributed by atoms with Crippen molar-refractivity contribution in [2.24, 2.45) is 5.73 Å². The molecule has 0 saturated carbocycles. The largest absolute Gasteiger partial charge is 0.407 e. The van der Waals surface area contributed by atoms with Gasteiger partial charge in [0.05, 0.1) is 6.04 Å². The Hall–Kier alpha value is -1.63. The highest BCUT2D eigenvalue weighted by atomic mass is 19.4. The molecular formula is C11H12F4N2O. The first-order chi connectivity index (χ1) is 8.21. The van der Waals surface area contributed by atoms with E-state index in [9.17, 15) is 22.4 Å². The molecule has 1 rings (SSSR count). The summed E-state index contributed by atoms with van der Waals surface area (Å²) in [7, 11) is 0. The van der Waals surface area contributed by atoms with Crippen LogP contribution in [0.15, 0.2) is 24.3 Å². The molecule has 2 atom stereocenters. The van der Waals surface area contributed by atoms with Gasteiger partial charge in [0.1, 0.15) is 11.9 Å². The van der Waals surface area contributed by atoms with Gasteiger partial charge in [-0.15, -0.1) is 0 Å². The molecule has 0 spiro atoms. The minimum Gasteiger partial charge on any atom is -0.368 e. The zero-order valence-electron chi connectivity index (χ0n) is 9.46. The maximum atomic E-state index is 12.8. The van der Waals surface area contributed by atoms with Crippen LogP contribution in [0.25, 0.3) is 0 Å². The third kappa shape index (κ3) is 3.69. The average Bonchev–Trinajstić information content (AvgIpc) is 2.25. The molecule has 0 aliphatic rings. The Morgan fingerprint density at radius 1 is 1.28 bits per heavy atom. The third-order valence-electron chi connectivity index (χ3n) is 2.37. The number of nitrogens with one attached hydrogen (secondary N) is 1. The molecule has 0 radical (unpaired) electrons. The normalized spacial score (nSPS) is 15.2. The van der Waals surface area contributed by atoms with Crippen molar-refractivity contribution in [3.8, 4) is 0 Å². The lowest BCUT2D eigenvalue weighted by molar-refractivity contribution is -0.160. The summed E-state index contributed by atoms with van der Waals surface area (Å²) in [5.41, 5.74) is 4.72. The molecule has 0 saturated heterocycles. The molecule has 0 aliphatic heterocycles. The molecule has 7 heteroatoms. The highest BCUT2D eigenvalue weighted by Crippen LogP contribution is 2.33. The maximum Gasteiger partial charge on any atom is 0.407 e. The van der Waals surface area contributed by atoms with Crippen LogP contribution in [0.3, 0.4) is 0 Å². The van der Waals surface area contributed by atoms with Crippen LogP contribution in [-0.2, 0) is 4.79 Å². The summed E-state index contributed by atoms with van der Waals surface area (Å²) in [5.74, 6) is -1.53. The van der Waals surface area contributed by atoms with Crippen LogP contribution in [0.1, 0.15) is 18.5 Å². The predicted octanol–water partition coefficient (Wildman–Crippen LogP) is 1.89. The Morgan fingerprint density at radius 2 is 1.78 bits per heavy atom. The lowest BCUT2D eigenvalue weighted by atomic mass is 10.1. The van der Waals surface area contributed by atoms with E-state index in [1.165, 1.54) is 6.92 Å². The average molecular weight is 264 g/mol. The summed E-state index contributed by atoms with van der Waals surface area (Å²) in [4.78, 5) is 10.8. The van der Waals surface area contributed by atoms with Crippen molar-refractivity contribution in [1.82, 2.24) is 5.32 Å². The van der Waals surface area contributed by atoms with Crippen molar-refractivity contribution >= 4 is 5.91 Å². The summed E-state index contributed by atoms with van der Waals surface area (Å²) >= 11 is 0. The number of amides is 1. The van der Waals surface area contributed by atoms with Gasteiger partial charge in [-0.3, -0.25) is 10.1 Å². The fourth-order valence-corrected chi connectivity index (χ4v) is 1.37. The lowest BCUT2D eigenvalue weighted by Gasteiger charge is -2.24. The molecule has 3 N–H and O–H groups in total. The van der Waals surface area contributed by atoms with Crippen molar-refractivity contribution < 1.29 is 22.4 Å². The van der Waals surface area contributed by atoms with Gasteiger partial charge in [0.25, 0.3) is 0 Å². The minimum absolute atomic E-state index is 0.183. The smallest absolute Gasteiger partial charge is 0.368 e. The summed E-state index contributed by atoms with van der Waals surface area (Å²) in [6.45, 7) is 1.23. The van der Waals surface area contributed by atoms with Gasteiger partial charge in [-0.1, -0.05) is 12.1 Å². The standard InChI is InChI=1S/C11H12F4N2O/c1-6(10(16)18)17-9(11(13,14)15)7-2-4-8(12)5-3-7/h2-6,9,17H,1H3,(H2,16,18). The first kappa shape index (κ1) is 14.4. The van der Waals surface area contributed by atoms with Crippen LogP contribution in [0.2, 0.25) is 0 Å². The van der Waals surface area contributed by atoms with Crippen LogP contribution in [0.5, 0.6) is 0 Å². The number of carbonyl (C=O) groups is 1. The van der Waals surface area contributed by atoms with E-state index >= 15 is 0 Å². The monoisotopic (exact) mass is 264 g/mol. The molecule has 1 aromatic carbocycles. The molecule has 100 valence electrons. The van der Waals surface area contributed by atoms with Gasteiger partial charge in [-0.25, -0.2) is 4.39 Å². The van der Waals surface area contributed by atoms with Gasteiger partial charge in [0.15, 0.2) is 0 Å². The topological polar surface area (TPSA) is 55.1 Å². The number of halogens is 4. The number of rotatable bonds is 4. The van der Waals surface area contributed by atoms with Crippen molar-refractivity contribution in [2.75, 3.05) is 0 Å². The highest BCUT2D eigenvalue weighted by molar-refractivity contribution is 5.79. The second-order valence-corrected chi connectivity index (χ2v) is 3.82. The number of carbonyl (C=O) groups excluding carboxylic acids is 1. The first-order valence-electron chi connectivity index (χ1n) is 5.09. The van der Waals surface area contributed by atoms with Gasteiger partial charge in [0.2, 0.25) is 5.91 Å². The molecule has 3 nitrogen and oxygen atoms in total. The Labute approximate surface area is 101 Å². The number of hydrogen-bond acceptors (Lipinski definition) is 2. The van der Waals surface area contributed by atoms with Gasteiger partial charge < -0.3 is 5.73 Å². The molecule has 0 aromatic heterocycles. The Bertz CT molecular complexity index is 416. The maximum absolute atomic E-state index is 12.8. The molecule has 18 heavy (non-hydrogen) atoms. The molecule has 0 fully saturated rings. The summed E-state index contributed by atoms with van der Waals surface area (Å²) < 4.78 is 51.1. The van der Waals surface area contributed by atoms with E-state index in [2.05, 4.69) is 5.32 Å². The van der Waals surface area contributed by atoms with E-state index in [0.717, 1.165) is 24.3 Å². The molecule has 0 heterocycles. The Balaban J connectivity index is 2.99. The number of primary amides is 1. The molecule has 0 bridgehead atoms. The van der Waals surface area contributed by atoms with E-state index in [0.29, 0.717) is 0 Å². The van der Waals surface area contributed by atoms with E-state index in [-0.39, 0.29) is 5.56 Å². The van der Waals surface area contributed by atoms with E-state index in [1.54, 1.807) is 0 Å². The van der Waals surface area contributed by atoms with E-state index in [1.807, 2.05) is 0 Å². The molecule has 0 aliphatic carbocycles. The van der Waals surface area contributed by atoms with Crippen LogP contribution < -0.4 is 11.1 Å². The van der Waals surface area contributed by atoms with Gasteiger partial charge in [-0.05, 0) is 24.6 Å². The number of nitrogens with two attached hydrogens (primary N) is 1. The zero-order valence-corrected chi connectivity index (χ0v) is 9.46. The molecular weight excluding hydrogens is 252 g/mol. The second-order valence-electron chi connectivity index (χ2n) is 3.82. The van der Waals surface area contributed by atoms with Crippen LogP contribution >= 0.6 is 0 Å². The lowest BCUT2D eigenvalue weighted by Crippen LogP contribution is -2.45. The van der Waals surface area contributed by atoms with Gasteiger partial charge in [-0.2, -0.15) is 13.2 Å². The van der Waals surface area contributed by atoms with Gasteiger partial charge >= 0.3 is 6.18 Å². The van der Waals surface area contributed by atoms with E-state index < -0.39 is 30.0 Å². The second kappa shape index (κ2) is 5.34. The van der Waals surface area contributed by atoms with Crippen molar-refractivity contribution in [3.63, 3.8) is 0 Å². The quantitative estimate of drug-likeness (QED) is 0.816. The first-order valence-corrected chi connectivity index (χ1v) is 5.09. The molecule has 2 unspecified atom stereocenters. The minimum atomic E-state index is -4.61. The molecule has 1 amide bonds. The van der Waals surface area contributed by atoms with Crippen molar-refractivity contribution in [2.45, 2.75) is 25.2 Å². The van der Waals surface area contributed by atoms with E-state index in [4.69, 9.17) is 5.73 Å². The fourth-order valence-electron chi connectivity index (χ4n) is 1.37. The Kier molecular flexibility index (Phi) is 4.28. The summed E-state index contributed by atoms with van der Waals surface area (Å²) in [5, 5.41) is 2.07. The fraction of sp³-hybridized carbons (Fsp3) is 0.364. The summed E-state index contributed by atoms with van der Waals surface area (Å²) in [6, 6.07) is 0.639. The number of benzene rings is 1. The Morgan fingerprint density at radius 3 is 2.17 bits per heavy atom. The van der Waals surface area contributed by atoms with Gasteiger partial charge in [0, 0.05) is 0 Å². The zero-order chi connectivity index (χ0) is 13.9. The highest BCUT2D eigenvalue weighted by Gasteiger charge is 2.41. The van der Waals surface area contributed by atoms with Crippen LogP contribution in [-0.4, -0.2) is 18.1 Å². The van der Waals surface area contributed by atoms with Crippen LogP contribution in [0.4, 0.5) is 17.6 Å².